The van der Waals surface area contributed by atoms with Crippen LogP contribution in [0.25, 0.3) is 0 Å². The van der Waals surface area contributed by atoms with Crippen LogP contribution in [0.15, 0.2) is 24.3 Å². The van der Waals surface area contributed by atoms with Crippen LogP contribution < -0.4 is 9.47 Å². The highest BCUT2D eigenvalue weighted by molar-refractivity contribution is 5.31. The van der Waals surface area contributed by atoms with Gasteiger partial charge in [-0.15, -0.1) is 0 Å². The van der Waals surface area contributed by atoms with Gasteiger partial charge in [0.05, 0.1) is 13.2 Å². The van der Waals surface area contributed by atoms with Gasteiger partial charge in [-0.05, 0) is 51.2 Å². The van der Waals surface area contributed by atoms with Gasteiger partial charge >= 0.3 is 0 Å². The van der Waals surface area contributed by atoms with Crippen molar-refractivity contribution >= 4 is 0 Å². The molecular weight excluding hydrogens is 556 g/mol. The number of unbranched alkanes of at least 4 members (excludes halogenated alkanes) is 20. The standard InChI is InChI=1S/C40H74N2O3/c1-5-7-9-11-13-15-17-19-21-23-25-33-41(3)39-31-35-43-36-32-40(45-38-29-27-37(44-39)28-30-38)42(4)34-26-24-22-20-18-16-14-12-10-8-6-2/h27-30,39-40H,5-26,31-36H2,1-4H3. The summed E-state index contributed by atoms with van der Waals surface area (Å²) < 4.78 is 19.1. The van der Waals surface area contributed by atoms with E-state index in [2.05, 4.69) is 62.0 Å². The normalized spacial score (nSPS) is 17.6. The molecule has 45 heavy (non-hydrogen) atoms. The highest BCUT2D eigenvalue weighted by atomic mass is 16.5. The number of rotatable bonds is 26. The molecule has 5 heteroatoms. The van der Waals surface area contributed by atoms with Gasteiger partial charge in [0, 0.05) is 25.9 Å². The van der Waals surface area contributed by atoms with Crippen LogP contribution in [0.1, 0.15) is 168 Å². The molecule has 3 rings (SSSR count). The molecule has 0 aliphatic carbocycles. The summed E-state index contributed by atoms with van der Waals surface area (Å²) in [5.74, 6) is 1.81. The van der Waals surface area contributed by atoms with Gasteiger partial charge in [0.2, 0.25) is 0 Å². The third-order valence-corrected chi connectivity index (χ3v) is 9.60. The van der Waals surface area contributed by atoms with Crippen molar-refractivity contribution < 1.29 is 14.2 Å². The molecule has 0 saturated heterocycles. The summed E-state index contributed by atoms with van der Waals surface area (Å²) in [7, 11) is 4.41. The zero-order valence-corrected chi connectivity index (χ0v) is 30.4. The van der Waals surface area contributed by atoms with E-state index in [0.29, 0.717) is 13.2 Å². The summed E-state index contributed by atoms with van der Waals surface area (Å²) in [5, 5.41) is 0. The topological polar surface area (TPSA) is 34.2 Å². The molecule has 2 bridgehead atoms. The van der Waals surface area contributed by atoms with E-state index in [9.17, 15) is 0 Å². The smallest absolute Gasteiger partial charge is 0.154 e. The minimum absolute atomic E-state index is 0.0279. The Morgan fingerprint density at radius 2 is 0.756 bits per heavy atom. The van der Waals surface area contributed by atoms with Crippen LogP contribution in [0.3, 0.4) is 0 Å². The minimum atomic E-state index is 0.0279. The Kier molecular flexibility index (Phi) is 24.6. The summed E-state index contributed by atoms with van der Waals surface area (Å²) in [6.07, 6.45) is 32.0. The Bertz CT molecular complexity index is 710. The molecule has 0 saturated carbocycles. The van der Waals surface area contributed by atoms with Crippen molar-refractivity contribution in [2.75, 3.05) is 40.4 Å². The van der Waals surface area contributed by atoms with Gasteiger partial charge in [-0.3, -0.25) is 9.80 Å². The quantitative estimate of drug-likeness (QED) is 0.0951. The van der Waals surface area contributed by atoms with Crippen molar-refractivity contribution in [1.29, 1.82) is 0 Å². The van der Waals surface area contributed by atoms with E-state index >= 15 is 0 Å². The Hall–Kier alpha value is -1.30. The molecule has 1 aromatic carbocycles. The summed E-state index contributed by atoms with van der Waals surface area (Å²) in [5.41, 5.74) is 0. The van der Waals surface area contributed by atoms with Gasteiger partial charge in [-0.2, -0.15) is 0 Å². The SMILES string of the molecule is CCCCCCCCCCCCCN(C)C1CCOCCC(N(C)CCCCCCCCCCCCC)Oc2ccc(cc2)O1. The molecule has 262 valence electrons. The summed E-state index contributed by atoms with van der Waals surface area (Å²) in [6, 6.07) is 8.27. The van der Waals surface area contributed by atoms with Crippen molar-refractivity contribution in [3.05, 3.63) is 24.3 Å². The van der Waals surface area contributed by atoms with E-state index in [0.717, 1.165) is 37.4 Å². The lowest BCUT2D eigenvalue weighted by Gasteiger charge is -2.29. The lowest BCUT2D eigenvalue weighted by atomic mass is 10.1. The van der Waals surface area contributed by atoms with E-state index in [4.69, 9.17) is 14.2 Å². The zero-order chi connectivity index (χ0) is 32.2. The van der Waals surface area contributed by atoms with Crippen molar-refractivity contribution in [2.24, 2.45) is 0 Å². The fourth-order valence-corrected chi connectivity index (χ4v) is 6.46. The van der Waals surface area contributed by atoms with Gasteiger partial charge < -0.3 is 14.2 Å². The maximum atomic E-state index is 6.47. The van der Waals surface area contributed by atoms with Crippen molar-refractivity contribution in [3.63, 3.8) is 0 Å². The number of fused-ring (bicyclic) bond motifs is 10. The average molecular weight is 631 g/mol. The highest BCUT2D eigenvalue weighted by Gasteiger charge is 2.20. The zero-order valence-electron chi connectivity index (χ0n) is 30.4. The highest BCUT2D eigenvalue weighted by Crippen LogP contribution is 2.23. The van der Waals surface area contributed by atoms with Crippen molar-refractivity contribution in [2.45, 2.75) is 180 Å². The first-order valence-corrected chi connectivity index (χ1v) is 19.6. The molecule has 2 heterocycles. The molecule has 0 spiro atoms. The predicted octanol–water partition coefficient (Wildman–Crippen LogP) is 11.4. The molecule has 2 unspecified atom stereocenters. The molecular formula is C40H74N2O3. The maximum absolute atomic E-state index is 6.47. The molecule has 2 atom stereocenters. The van der Waals surface area contributed by atoms with Gasteiger partial charge in [0.15, 0.2) is 12.5 Å². The fraction of sp³-hybridized carbons (Fsp3) is 0.850. The minimum Gasteiger partial charge on any atom is -0.475 e. The van der Waals surface area contributed by atoms with Gasteiger partial charge in [-0.25, -0.2) is 0 Å². The van der Waals surface area contributed by atoms with Gasteiger partial charge in [-0.1, -0.05) is 142 Å². The lowest BCUT2D eigenvalue weighted by molar-refractivity contribution is -0.00985. The summed E-state index contributed by atoms with van der Waals surface area (Å²) in [6.45, 7) is 8.13. The first kappa shape index (κ1) is 39.9. The molecule has 0 N–H and O–H groups in total. The molecule has 0 fully saturated rings. The first-order chi connectivity index (χ1) is 22.1. The monoisotopic (exact) mass is 631 g/mol. The van der Waals surface area contributed by atoms with E-state index in [1.165, 1.54) is 141 Å². The van der Waals surface area contributed by atoms with E-state index in [1.54, 1.807) is 0 Å². The van der Waals surface area contributed by atoms with E-state index < -0.39 is 0 Å². The molecule has 0 radical (unpaired) electrons. The van der Waals surface area contributed by atoms with Crippen LogP contribution in [0.2, 0.25) is 0 Å². The van der Waals surface area contributed by atoms with Crippen LogP contribution in [0.5, 0.6) is 11.5 Å². The molecule has 5 nitrogen and oxygen atoms in total. The van der Waals surface area contributed by atoms with Gasteiger partial charge in [0.1, 0.15) is 11.5 Å². The largest absolute Gasteiger partial charge is 0.475 e. The van der Waals surface area contributed by atoms with Crippen LogP contribution in [-0.2, 0) is 4.74 Å². The third kappa shape index (κ3) is 20.5. The second-order valence-corrected chi connectivity index (χ2v) is 13.8. The molecule has 0 aromatic heterocycles. The fourth-order valence-electron chi connectivity index (χ4n) is 6.46. The maximum Gasteiger partial charge on any atom is 0.154 e. The van der Waals surface area contributed by atoms with Crippen LogP contribution >= 0.6 is 0 Å². The second kappa shape index (κ2) is 27.8. The van der Waals surface area contributed by atoms with E-state index in [-0.39, 0.29) is 12.5 Å². The first-order valence-electron chi connectivity index (χ1n) is 19.6. The predicted molar refractivity (Wildman–Crippen MR) is 194 cm³/mol. The third-order valence-electron chi connectivity index (χ3n) is 9.60. The van der Waals surface area contributed by atoms with Gasteiger partial charge in [0.25, 0.3) is 0 Å². The second-order valence-electron chi connectivity index (χ2n) is 13.8. The van der Waals surface area contributed by atoms with Crippen LogP contribution in [0, 0.1) is 0 Å². The Labute approximate surface area is 280 Å². The van der Waals surface area contributed by atoms with Crippen LogP contribution in [0.4, 0.5) is 0 Å². The number of hydrogen-bond donors (Lipinski definition) is 0. The molecule has 0 amide bonds. The lowest BCUT2D eigenvalue weighted by Crippen LogP contribution is -2.39. The Balaban J connectivity index is 1.65. The number of benzene rings is 1. The summed E-state index contributed by atoms with van der Waals surface area (Å²) in [4.78, 5) is 4.76. The molecule has 2 aliphatic rings. The Morgan fingerprint density at radius 1 is 0.467 bits per heavy atom. The average Bonchev–Trinajstić information content (AvgIpc) is 3.08. The number of hydrogen-bond acceptors (Lipinski definition) is 5. The number of ether oxygens (including phenoxy) is 3. The van der Waals surface area contributed by atoms with Crippen molar-refractivity contribution in [1.82, 2.24) is 9.80 Å². The van der Waals surface area contributed by atoms with E-state index in [1.807, 2.05) is 0 Å². The number of nitrogens with zero attached hydrogens (tertiary/aromatic N) is 2. The molecule has 2 aliphatic heterocycles. The van der Waals surface area contributed by atoms with Crippen LogP contribution in [-0.4, -0.2) is 62.7 Å². The molecule has 1 aromatic rings. The summed E-state index contributed by atoms with van der Waals surface area (Å²) >= 11 is 0. The Morgan fingerprint density at radius 3 is 1.07 bits per heavy atom. The van der Waals surface area contributed by atoms with Crippen molar-refractivity contribution in [3.8, 4) is 11.5 Å².